The van der Waals surface area contributed by atoms with Gasteiger partial charge in [-0.2, -0.15) is 0 Å². The van der Waals surface area contributed by atoms with E-state index in [0.717, 1.165) is 12.0 Å². The number of rotatable bonds is 4. The van der Waals surface area contributed by atoms with Crippen molar-refractivity contribution in [2.75, 3.05) is 7.11 Å². The second-order valence-electron chi connectivity index (χ2n) is 5.38. The highest BCUT2D eigenvalue weighted by molar-refractivity contribution is 4.89. The van der Waals surface area contributed by atoms with E-state index in [-0.39, 0.29) is 0 Å². The lowest BCUT2D eigenvalue weighted by Gasteiger charge is -2.39. The van der Waals surface area contributed by atoms with E-state index in [1.54, 1.807) is 0 Å². The third kappa shape index (κ3) is 2.94. The van der Waals surface area contributed by atoms with E-state index in [9.17, 15) is 0 Å². The predicted octanol–water partition coefficient (Wildman–Crippen LogP) is 2.72. The Kier molecular flexibility index (Phi) is 4.04. The van der Waals surface area contributed by atoms with Gasteiger partial charge in [0.05, 0.1) is 6.10 Å². The van der Waals surface area contributed by atoms with Gasteiger partial charge in [-0.15, -0.1) is 0 Å². The van der Waals surface area contributed by atoms with Crippen LogP contribution in [-0.4, -0.2) is 25.3 Å². The molecule has 2 nitrogen and oxygen atoms in total. The summed E-state index contributed by atoms with van der Waals surface area (Å²) in [5.74, 6) is 0.931. The molecule has 0 radical (unpaired) electrons. The van der Waals surface area contributed by atoms with E-state index in [1.165, 1.54) is 44.9 Å². The lowest BCUT2D eigenvalue weighted by Crippen LogP contribution is -2.50. The van der Waals surface area contributed by atoms with Gasteiger partial charge >= 0.3 is 0 Å². The van der Waals surface area contributed by atoms with Crippen LogP contribution in [0.25, 0.3) is 0 Å². The van der Waals surface area contributed by atoms with Gasteiger partial charge in [0, 0.05) is 19.2 Å². The van der Waals surface area contributed by atoms with E-state index >= 15 is 0 Å². The van der Waals surface area contributed by atoms with Crippen molar-refractivity contribution in [1.82, 2.24) is 5.32 Å². The van der Waals surface area contributed by atoms with Crippen LogP contribution in [0.15, 0.2) is 0 Å². The molecule has 0 aliphatic heterocycles. The molecular weight excluding hydrogens is 186 g/mol. The molecular formula is C13H25NO. The molecule has 15 heavy (non-hydrogen) atoms. The van der Waals surface area contributed by atoms with Gasteiger partial charge in [0.25, 0.3) is 0 Å². The third-order valence-corrected chi connectivity index (χ3v) is 4.28. The summed E-state index contributed by atoms with van der Waals surface area (Å²) in [4.78, 5) is 0. The summed E-state index contributed by atoms with van der Waals surface area (Å²) in [5, 5.41) is 3.77. The molecule has 0 heterocycles. The molecule has 1 atom stereocenters. The second kappa shape index (κ2) is 5.31. The largest absolute Gasteiger partial charge is 0.381 e. The van der Waals surface area contributed by atoms with Crippen LogP contribution in [0.3, 0.4) is 0 Å². The SMILES string of the molecule is COC1CC(NC(C)C2CCCCC2)C1. The molecule has 2 heteroatoms. The first-order valence-electron chi connectivity index (χ1n) is 6.58. The maximum atomic E-state index is 5.30. The zero-order valence-corrected chi connectivity index (χ0v) is 10.2. The standard InChI is InChI=1S/C13H25NO/c1-10(11-6-4-3-5-7-11)14-12-8-13(9-12)15-2/h10-14H,3-9H2,1-2H3. The Morgan fingerprint density at radius 1 is 1.13 bits per heavy atom. The van der Waals surface area contributed by atoms with Crippen molar-refractivity contribution in [3.8, 4) is 0 Å². The van der Waals surface area contributed by atoms with Gasteiger partial charge < -0.3 is 10.1 Å². The zero-order valence-electron chi connectivity index (χ0n) is 10.2. The molecule has 0 bridgehead atoms. The van der Waals surface area contributed by atoms with Crippen LogP contribution in [0.5, 0.6) is 0 Å². The number of ether oxygens (including phenoxy) is 1. The molecule has 2 saturated carbocycles. The van der Waals surface area contributed by atoms with E-state index in [0.29, 0.717) is 12.1 Å². The highest BCUT2D eigenvalue weighted by atomic mass is 16.5. The molecule has 0 spiro atoms. The average molecular weight is 211 g/mol. The monoisotopic (exact) mass is 211 g/mol. The predicted molar refractivity (Wildman–Crippen MR) is 63.0 cm³/mol. The molecule has 0 aromatic carbocycles. The second-order valence-corrected chi connectivity index (χ2v) is 5.38. The van der Waals surface area contributed by atoms with E-state index < -0.39 is 0 Å². The van der Waals surface area contributed by atoms with Gasteiger partial charge in [0.2, 0.25) is 0 Å². The summed E-state index contributed by atoms with van der Waals surface area (Å²) in [6, 6.07) is 1.44. The molecule has 0 amide bonds. The Labute approximate surface area is 93.8 Å². The summed E-state index contributed by atoms with van der Waals surface area (Å²) < 4.78 is 5.30. The topological polar surface area (TPSA) is 21.3 Å². The minimum atomic E-state index is 0.529. The number of hydrogen-bond acceptors (Lipinski definition) is 2. The van der Waals surface area contributed by atoms with Gasteiger partial charge in [0.1, 0.15) is 0 Å². The van der Waals surface area contributed by atoms with E-state index in [4.69, 9.17) is 4.74 Å². The molecule has 1 N–H and O–H groups in total. The summed E-state index contributed by atoms with van der Waals surface area (Å²) >= 11 is 0. The van der Waals surface area contributed by atoms with E-state index in [1.807, 2.05) is 7.11 Å². The van der Waals surface area contributed by atoms with Crippen LogP contribution < -0.4 is 5.32 Å². The van der Waals surface area contributed by atoms with Crippen LogP contribution in [0.4, 0.5) is 0 Å². The first kappa shape index (κ1) is 11.4. The van der Waals surface area contributed by atoms with Gasteiger partial charge in [-0.3, -0.25) is 0 Å². The van der Waals surface area contributed by atoms with Crippen molar-refractivity contribution in [2.24, 2.45) is 5.92 Å². The van der Waals surface area contributed by atoms with Crippen molar-refractivity contribution in [3.63, 3.8) is 0 Å². The first-order valence-corrected chi connectivity index (χ1v) is 6.58. The van der Waals surface area contributed by atoms with Crippen molar-refractivity contribution >= 4 is 0 Å². The third-order valence-electron chi connectivity index (χ3n) is 4.28. The Hall–Kier alpha value is -0.0800. The maximum Gasteiger partial charge on any atom is 0.0601 e. The molecule has 0 saturated heterocycles. The summed E-state index contributed by atoms with van der Waals surface area (Å²) in [6.45, 7) is 2.37. The molecule has 1 unspecified atom stereocenters. The lowest BCUT2D eigenvalue weighted by atomic mass is 9.82. The summed E-state index contributed by atoms with van der Waals surface area (Å²) in [7, 11) is 1.82. The van der Waals surface area contributed by atoms with Crippen molar-refractivity contribution in [2.45, 2.75) is 70.1 Å². The van der Waals surface area contributed by atoms with Crippen LogP contribution in [0, 0.1) is 5.92 Å². The molecule has 2 aliphatic carbocycles. The van der Waals surface area contributed by atoms with Crippen LogP contribution in [-0.2, 0) is 4.74 Å². The Morgan fingerprint density at radius 2 is 1.80 bits per heavy atom. The molecule has 2 fully saturated rings. The fourth-order valence-corrected chi connectivity index (χ4v) is 3.04. The molecule has 2 aliphatic rings. The fraction of sp³-hybridized carbons (Fsp3) is 1.00. The zero-order chi connectivity index (χ0) is 10.7. The van der Waals surface area contributed by atoms with Gasteiger partial charge in [-0.25, -0.2) is 0 Å². The minimum Gasteiger partial charge on any atom is -0.381 e. The van der Waals surface area contributed by atoms with Gasteiger partial charge in [0.15, 0.2) is 0 Å². The lowest BCUT2D eigenvalue weighted by molar-refractivity contribution is 0.0118. The van der Waals surface area contributed by atoms with Gasteiger partial charge in [-0.05, 0) is 38.5 Å². The molecule has 88 valence electrons. The normalized spacial score (nSPS) is 34.8. The smallest absolute Gasteiger partial charge is 0.0601 e. The van der Waals surface area contributed by atoms with Crippen LogP contribution in [0.2, 0.25) is 0 Å². The Bertz CT molecular complexity index is 183. The maximum absolute atomic E-state index is 5.30. The van der Waals surface area contributed by atoms with Gasteiger partial charge in [-0.1, -0.05) is 19.3 Å². The molecule has 0 aromatic rings. The quantitative estimate of drug-likeness (QED) is 0.772. The van der Waals surface area contributed by atoms with Crippen molar-refractivity contribution in [1.29, 1.82) is 0 Å². The van der Waals surface area contributed by atoms with Crippen molar-refractivity contribution < 1.29 is 4.74 Å². The average Bonchev–Trinajstić information content (AvgIpc) is 2.23. The highest BCUT2D eigenvalue weighted by Crippen LogP contribution is 2.29. The van der Waals surface area contributed by atoms with Crippen LogP contribution in [0.1, 0.15) is 51.9 Å². The van der Waals surface area contributed by atoms with Crippen molar-refractivity contribution in [3.05, 3.63) is 0 Å². The summed E-state index contributed by atoms with van der Waals surface area (Å²) in [6.07, 6.45) is 10.2. The van der Waals surface area contributed by atoms with Crippen LogP contribution >= 0.6 is 0 Å². The number of nitrogens with one attached hydrogen (secondary N) is 1. The Balaban J connectivity index is 1.66. The first-order chi connectivity index (χ1) is 7.29. The Morgan fingerprint density at radius 3 is 2.40 bits per heavy atom. The van der Waals surface area contributed by atoms with E-state index in [2.05, 4.69) is 12.2 Å². The fourth-order valence-electron chi connectivity index (χ4n) is 3.04. The highest BCUT2D eigenvalue weighted by Gasteiger charge is 2.31. The number of methoxy groups -OCH3 is 1. The summed E-state index contributed by atoms with van der Waals surface area (Å²) in [5.41, 5.74) is 0. The number of hydrogen-bond donors (Lipinski definition) is 1. The minimum absolute atomic E-state index is 0.529. The molecule has 2 rings (SSSR count). The molecule has 0 aromatic heterocycles.